The number of aliphatic hydroxyl groups excluding tert-OH is 1. The average Bonchev–Trinajstić information content (AvgIpc) is 3.23. The molecule has 2 aromatic carbocycles. The molecule has 0 radical (unpaired) electrons. The second-order valence-corrected chi connectivity index (χ2v) is 15.9. The van der Waals surface area contributed by atoms with Gasteiger partial charge >= 0.3 is 0 Å². The van der Waals surface area contributed by atoms with E-state index in [1.54, 1.807) is 74.5 Å². The van der Waals surface area contributed by atoms with Gasteiger partial charge in [-0.05, 0) is 48.8 Å². The van der Waals surface area contributed by atoms with E-state index in [0.29, 0.717) is 11.3 Å². The summed E-state index contributed by atoms with van der Waals surface area (Å²) >= 11 is 1.43. The number of rotatable bonds is 27. The van der Waals surface area contributed by atoms with Gasteiger partial charge in [0.2, 0.25) is 53.2 Å². The van der Waals surface area contributed by atoms with Gasteiger partial charge in [0.1, 0.15) is 42.3 Å². The molecule has 0 aliphatic carbocycles. The highest BCUT2D eigenvalue weighted by molar-refractivity contribution is 7.98. The number of benzene rings is 2. The molecule has 0 fully saturated rings. The zero-order valence-electron chi connectivity index (χ0n) is 35.3. The van der Waals surface area contributed by atoms with E-state index in [2.05, 4.69) is 37.2 Å². The maximum absolute atomic E-state index is 13.7. The van der Waals surface area contributed by atoms with Gasteiger partial charge in [0.25, 0.3) is 0 Å². The summed E-state index contributed by atoms with van der Waals surface area (Å²) in [5.74, 6) is -7.30. The molecule has 62 heavy (non-hydrogen) atoms. The first kappa shape index (κ1) is 52.1. The molecule has 0 bridgehead atoms. The Balaban J connectivity index is 2.15. The van der Waals surface area contributed by atoms with Crippen molar-refractivity contribution in [3.05, 3.63) is 71.8 Å². The van der Waals surface area contributed by atoms with Gasteiger partial charge < -0.3 is 59.5 Å². The van der Waals surface area contributed by atoms with Gasteiger partial charge in [-0.2, -0.15) is 11.8 Å². The lowest BCUT2D eigenvalue weighted by molar-refractivity contribution is -0.136. The minimum Gasteiger partial charge on any atom is -0.394 e. The third-order valence-electron chi connectivity index (χ3n) is 9.25. The van der Waals surface area contributed by atoms with E-state index in [9.17, 15) is 48.3 Å². The molecule has 0 saturated carbocycles. The highest BCUT2D eigenvalue weighted by Crippen LogP contribution is 2.10. The van der Waals surface area contributed by atoms with Crippen LogP contribution in [-0.4, -0.2) is 126 Å². The van der Waals surface area contributed by atoms with Crippen molar-refractivity contribution >= 4 is 64.9 Å². The molecule has 0 heterocycles. The van der Waals surface area contributed by atoms with Gasteiger partial charge in [-0.15, -0.1) is 0 Å². The molecule has 0 saturated heterocycles. The Morgan fingerprint density at radius 2 is 1.03 bits per heavy atom. The molecular weight excluding hydrogens is 825 g/mol. The van der Waals surface area contributed by atoms with Gasteiger partial charge in [0, 0.05) is 12.8 Å². The van der Waals surface area contributed by atoms with Crippen LogP contribution in [0.4, 0.5) is 0 Å². The van der Waals surface area contributed by atoms with Crippen molar-refractivity contribution in [3.63, 3.8) is 0 Å². The van der Waals surface area contributed by atoms with Crippen molar-refractivity contribution in [3.8, 4) is 0 Å². The summed E-state index contributed by atoms with van der Waals surface area (Å²) in [6, 6.07) is 8.23. The second-order valence-electron chi connectivity index (χ2n) is 14.9. The molecule has 2 aromatic rings. The monoisotopic (exact) mass is 884 g/mol. The Morgan fingerprint density at radius 3 is 1.53 bits per heavy atom. The molecule has 0 spiro atoms. The molecule has 2 rings (SSSR count). The van der Waals surface area contributed by atoms with E-state index >= 15 is 0 Å². The molecule has 0 unspecified atom stereocenters. The first-order chi connectivity index (χ1) is 29.4. The maximum atomic E-state index is 13.7. The van der Waals surface area contributed by atoms with Gasteiger partial charge in [-0.25, -0.2) is 0 Å². The first-order valence-electron chi connectivity index (χ1n) is 20.0. The van der Waals surface area contributed by atoms with Crippen molar-refractivity contribution < 1.29 is 48.3 Å². The van der Waals surface area contributed by atoms with Crippen LogP contribution >= 0.6 is 11.8 Å². The predicted molar refractivity (Wildman–Crippen MR) is 231 cm³/mol. The van der Waals surface area contributed by atoms with Gasteiger partial charge in [-0.1, -0.05) is 74.5 Å². The average molecular weight is 885 g/mol. The lowest BCUT2D eigenvalue weighted by Crippen LogP contribution is -2.60. The first-order valence-corrected chi connectivity index (χ1v) is 21.3. The van der Waals surface area contributed by atoms with Crippen LogP contribution in [0, 0.1) is 5.92 Å². The highest BCUT2D eigenvalue weighted by Gasteiger charge is 2.33. The number of carbonyl (C=O) groups excluding carboxylic acids is 9. The van der Waals surface area contributed by atoms with Crippen molar-refractivity contribution in [1.82, 2.24) is 37.2 Å². The van der Waals surface area contributed by atoms with Crippen LogP contribution in [0.25, 0.3) is 0 Å². The number of thioether (sulfide) groups is 1. The number of aliphatic hydroxyl groups is 1. The van der Waals surface area contributed by atoms with Crippen LogP contribution in [-0.2, 0) is 56.0 Å². The molecule has 9 amide bonds. The summed E-state index contributed by atoms with van der Waals surface area (Å²) < 4.78 is 0. The fraction of sp³-hybridized carbons (Fsp3) is 0.488. The Morgan fingerprint density at radius 1 is 0.581 bits per heavy atom. The molecule has 14 N–H and O–H groups in total. The molecule has 0 aromatic heterocycles. The minimum atomic E-state index is -1.70. The Labute approximate surface area is 364 Å². The number of carbonyl (C=O) groups is 9. The van der Waals surface area contributed by atoms with E-state index < -0.39 is 115 Å². The third kappa shape index (κ3) is 18.7. The van der Waals surface area contributed by atoms with Crippen molar-refractivity contribution in [2.45, 2.75) is 95.2 Å². The van der Waals surface area contributed by atoms with Crippen molar-refractivity contribution in [2.75, 3.05) is 25.2 Å². The summed E-state index contributed by atoms with van der Waals surface area (Å²) in [6.45, 7) is 3.48. The molecular formula is C41H60N10O10S. The van der Waals surface area contributed by atoms with Gasteiger partial charge in [0.05, 0.1) is 19.6 Å². The lowest BCUT2D eigenvalue weighted by atomic mass is 10.0. The molecule has 0 aliphatic heterocycles. The number of primary amides is 2. The molecule has 0 aliphatic rings. The van der Waals surface area contributed by atoms with Gasteiger partial charge in [0.15, 0.2) is 0 Å². The van der Waals surface area contributed by atoms with Crippen LogP contribution in [0.2, 0.25) is 0 Å². The Kier molecular flexibility index (Phi) is 22.7. The molecule has 340 valence electrons. The summed E-state index contributed by atoms with van der Waals surface area (Å²) in [6.07, 6.45) is 1.51. The number of nitrogens with two attached hydrogens (primary N) is 3. The summed E-state index contributed by atoms with van der Waals surface area (Å²) in [4.78, 5) is 117. The zero-order chi connectivity index (χ0) is 46.4. The fourth-order valence-electron chi connectivity index (χ4n) is 5.96. The Hall–Kier alpha value is -6.06. The molecule has 21 heteroatoms. The Bertz CT molecular complexity index is 1840. The van der Waals surface area contributed by atoms with E-state index in [4.69, 9.17) is 17.2 Å². The smallest absolute Gasteiger partial charge is 0.245 e. The van der Waals surface area contributed by atoms with E-state index in [-0.39, 0.29) is 31.6 Å². The number of nitrogens with one attached hydrogen (secondary N) is 7. The van der Waals surface area contributed by atoms with Crippen LogP contribution in [0.5, 0.6) is 0 Å². The molecule has 7 atom stereocenters. The fourth-order valence-corrected chi connectivity index (χ4v) is 6.43. The largest absolute Gasteiger partial charge is 0.394 e. The van der Waals surface area contributed by atoms with E-state index in [0.717, 1.165) is 5.56 Å². The number of amides is 9. The predicted octanol–water partition coefficient (Wildman–Crippen LogP) is -3.00. The zero-order valence-corrected chi connectivity index (χ0v) is 36.1. The van der Waals surface area contributed by atoms with Crippen LogP contribution in [0.15, 0.2) is 60.7 Å². The molecule has 20 nitrogen and oxygen atoms in total. The number of hydrogen-bond acceptors (Lipinski definition) is 12. The summed E-state index contributed by atoms with van der Waals surface area (Å²) in [5.41, 5.74) is 17.8. The second kappa shape index (κ2) is 27.0. The quantitative estimate of drug-likeness (QED) is 0.0428. The van der Waals surface area contributed by atoms with Crippen LogP contribution < -0.4 is 54.4 Å². The number of hydrogen-bond donors (Lipinski definition) is 11. The lowest BCUT2D eigenvalue weighted by Gasteiger charge is -2.27. The third-order valence-corrected chi connectivity index (χ3v) is 9.90. The van der Waals surface area contributed by atoms with E-state index in [1.165, 1.54) is 18.7 Å². The van der Waals surface area contributed by atoms with Crippen LogP contribution in [0.1, 0.15) is 51.2 Å². The maximum Gasteiger partial charge on any atom is 0.245 e. The minimum absolute atomic E-state index is 0.00880. The van der Waals surface area contributed by atoms with Gasteiger partial charge in [-0.3, -0.25) is 43.2 Å². The van der Waals surface area contributed by atoms with Crippen LogP contribution in [0.3, 0.4) is 0 Å². The van der Waals surface area contributed by atoms with Crippen molar-refractivity contribution in [1.29, 1.82) is 0 Å². The SMILES string of the molecule is CSCC[C@H](NC(=O)[C@H](CC(C)C)NC(=O)[C@H](C)NC(=O)[C@H](CO)NC(=O)[C@H](CC(N)=O)NC(=O)[C@H](Cc1ccccc1)NC(=O)CN)C(=O)N[C@@H](Cc1ccccc1)C(N)=O. The normalized spacial score (nSPS) is 14.3. The summed E-state index contributed by atoms with van der Waals surface area (Å²) in [5, 5.41) is 27.4. The van der Waals surface area contributed by atoms with Crippen molar-refractivity contribution in [2.24, 2.45) is 23.1 Å². The standard InChI is InChI=1S/C41H60N10O10S/c1-23(2)17-29(38(58)47-27(15-16-62-4)37(57)48-28(35(44)55)18-25-11-7-5-8-12-25)49-36(56)24(3)45-41(61)32(22-52)51-40(60)31(20-33(43)53)50-39(59)30(46-34(54)21-42)19-26-13-9-6-10-14-26/h5-14,23-24,27-32,52H,15-22,42H2,1-4H3,(H2,43,53)(H2,44,55)(H,45,61)(H,46,54)(H,47,58)(H,48,57)(H,49,56)(H,50,59)(H,51,60)/t24-,27-,28-,29-,30-,31-,32-/m0/s1. The van der Waals surface area contributed by atoms with E-state index in [1.807, 2.05) is 6.26 Å². The topological polar surface area (TPSA) is 336 Å². The summed E-state index contributed by atoms with van der Waals surface area (Å²) in [7, 11) is 0. The highest BCUT2D eigenvalue weighted by atomic mass is 32.2.